The Labute approximate surface area is 329 Å². The van der Waals surface area contributed by atoms with Gasteiger partial charge in [-0.1, -0.05) is 111 Å². The van der Waals surface area contributed by atoms with Gasteiger partial charge < -0.3 is 20.4 Å². The molecule has 284 valence electrons. The van der Waals surface area contributed by atoms with Crippen molar-refractivity contribution in [1.82, 2.24) is 4.90 Å². The molecule has 1 heterocycles. The van der Waals surface area contributed by atoms with E-state index in [-0.39, 0.29) is 35.6 Å². The van der Waals surface area contributed by atoms with E-state index in [1.54, 1.807) is 11.3 Å². The van der Waals surface area contributed by atoms with Gasteiger partial charge in [-0.15, -0.1) is 11.3 Å². The van der Waals surface area contributed by atoms with Crippen LogP contribution in [-0.4, -0.2) is 51.7 Å². The molecule has 2 amide bonds. The third-order valence-corrected chi connectivity index (χ3v) is 16.1. The number of allylic oxidation sites excluding steroid dienone is 4. The fourth-order valence-corrected chi connectivity index (χ4v) is 13.0. The summed E-state index contributed by atoms with van der Waals surface area (Å²) in [5, 5.41) is 29.5. The van der Waals surface area contributed by atoms with Gasteiger partial charge in [-0.3, -0.25) is 4.79 Å². The van der Waals surface area contributed by atoms with Crippen molar-refractivity contribution in [2.24, 2.45) is 33.5 Å². The molecule has 3 N–H and O–H groups in total. The fraction of sp³-hybridized carbons (Fsp3) is 0.417. The first-order chi connectivity index (χ1) is 26.5. The van der Waals surface area contributed by atoms with E-state index < -0.39 is 27.9 Å². The number of benzene rings is 3. The molecule has 7 heteroatoms. The average molecular weight is 753 g/mol. The number of hydrogen-bond donors (Lipinski definition) is 3. The number of hydrogen-bond acceptors (Lipinski definition) is 5. The maximum absolute atomic E-state index is 15.5. The zero-order chi connectivity index (χ0) is 38.1. The van der Waals surface area contributed by atoms with Crippen LogP contribution in [0.2, 0.25) is 0 Å². The fourth-order valence-electron chi connectivity index (χ4n) is 12.3. The molecular formula is C48H52N2O4S. The molecule has 1 aromatic heterocycles. The molecule has 0 saturated heterocycles. The van der Waals surface area contributed by atoms with Crippen LogP contribution in [0.25, 0.3) is 11.1 Å². The van der Waals surface area contributed by atoms with Crippen LogP contribution >= 0.6 is 11.3 Å². The van der Waals surface area contributed by atoms with Crippen LogP contribution in [0.5, 0.6) is 0 Å². The van der Waals surface area contributed by atoms with Crippen LogP contribution in [0.1, 0.15) is 74.0 Å². The first-order valence-corrected chi connectivity index (χ1v) is 21.1. The number of thiophene rings is 1. The second-order valence-corrected chi connectivity index (χ2v) is 18.6. The predicted molar refractivity (Wildman–Crippen MR) is 220 cm³/mol. The summed E-state index contributed by atoms with van der Waals surface area (Å²) in [5.41, 5.74) is 1.32. The minimum absolute atomic E-state index is 0.0163. The number of Topliss-reactive ketones (excluding diaryl/α,β-unsaturated/α-hetero) is 1. The van der Waals surface area contributed by atoms with E-state index >= 15 is 4.79 Å². The number of ketones is 1. The summed E-state index contributed by atoms with van der Waals surface area (Å²) < 4.78 is 0. The molecule has 6 nitrogen and oxygen atoms in total. The first-order valence-electron chi connectivity index (χ1n) is 20.2. The Bertz CT molecular complexity index is 2150. The second-order valence-electron chi connectivity index (χ2n) is 17.6. The summed E-state index contributed by atoms with van der Waals surface area (Å²) in [6.07, 6.45) is 12.6. The van der Waals surface area contributed by atoms with E-state index in [0.717, 1.165) is 54.5 Å². The zero-order valence-corrected chi connectivity index (χ0v) is 32.7. The molecule has 2 spiro atoms. The second kappa shape index (κ2) is 13.4. The van der Waals surface area contributed by atoms with Crippen LogP contribution in [0.15, 0.2) is 126 Å². The number of carbonyl (C=O) groups is 2. The van der Waals surface area contributed by atoms with Crippen molar-refractivity contribution < 1.29 is 19.8 Å². The Morgan fingerprint density at radius 3 is 2.27 bits per heavy atom. The number of rotatable bonds is 9. The lowest BCUT2D eigenvalue weighted by molar-refractivity contribution is -0.174. The van der Waals surface area contributed by atoms with Crippen LogP contribution < -0.4 is 5.32 Å². The topological polar surface area (TPSA) is 89.9 Å². The number of urea groups is 1. The Balaban J connectivity index is 1.12. The lowest BCUT2D eigenvalue weighted by Gasteiger charge is -2.71. The SMILES string of the molecule is C[C@]12CC[C@H]3[C@]4(C=C[C@@]5(C=C4C(=O)c4ccccc4-c4ccccc4)CC(O)CC[C@]35C)[C@@H]1CC[C@@]2(O)CN(CCc1cccs1)C(=O)Nc1ccccc1. The van der Waals surface area contributed by atoms with Gasteiger partial charge in [-0.05, 0) is 103 Å². The summed E-state index contributed by atoms with van der Waals surface area (Å²) in [6, 6.07) is 31.6. The van der Waals surface area contributed by atoms with E-state index in [0.29, 0.717) is 31.4 Å². The molecule has 8 atom stereocenters. The minimum Gasteiger partial charge on any atom is -0.393 e. The number of nitrogens with zero attached hydrogens (tertiary/aromatic N) is 1. The third-order valence-electron chi connectivity index (χ3n) is 15.2. The third kappa shape index (κ3) is 5.55. The van der Waals surface area contributed by atoms with Gasteiger partial charge in [0.25, 0.3) is 0 Å². The van der Waals surface area contributed by atoms with Crippen LogP contribution in [0.3, 0.4) is 0 Å². The highest BCUT2D eigenvalue weighted by Crippen LogP contribution is 2.78. The standard InChI is InChI=1S/C48H52N2O4S/c1-44-23-19-35(51)30-46(44)26-27-48(39(31-46)42(52)38-18-10-9-17-37(38)33-12-5-3-6-13-33)40(44)20-24-45(2)41(48)21-25-47(45,54)32-50(28-22-36-16-11-29-55-36)43(53)49-34-14-7-4-8-15-34/h3-18,26-27,29,31,35,40-41,51,54H,19-25,28,30,32H2,1-2H3,(H,49,53)/t35?,40-,41-,44-,45+,46+,47-,48-/m1/s1. The number of anilines is 1. The molecule has 6 aliphatic rings. The Morgan fingerprint density at radius 2 is 1.51 bits per heavy atom. The Hall–Kier alpha value is -4.30. The van der Waals surface area contributed by atoms with Gasteiger partial charge >= 0.3 is 6.03 Å². The maximum Gasteiger partial charge on any atom is 0.321 e. The maximum atomic E-state index is 15.5. The highest BCUT2D eigenvalue weighted by molar-refractivity contribution is 7.09. The monoisotopic (exact) mass is 752 g/mol. The Kier molecular flexibility index (Phi) is 8.87. The van der Waals surface area contributed by atoms with Crippen molar-refractivity contribution in [2.75, 3.05) is 18.4 Å². The molecule has 2 bridgehead atoms. The highest BCUT2D eigenvalue weighted by atomic mass is 32.1. The van der Waals surface area contributed by atoms with E-state index in [1.807, 2.05) is 83.8 Å². The van der Waals surface area contributed by atoms with E-state index in [4.69, 9.17) is 0 Å². The number of aliphatic hydroxyl groups is 2. The van der Waals surface area contributed by atoms with Crippen LogP contribution in [0.4, 0.5) is 10.5 Å². The minimum atomic E-state index is -1.17. The summed E-state index contributed by atoms with van der Waals surface area (Å²) in [5.74, 6) is 0.217. The van der Waals surface area contributed by atoms with Gasteiger partial charge in [0.2, 0.25) is 0 Å². The molecule has 55 heavy (non-hydrogen) atoms. The normalized spacial score (nSPS) is 34.3. The highest BCUT2D eigenvalue weighted by Gasteiger charge is 2.74. The van der Waals surface area contributed by atoms with Gasteiger partial charge in [0.05, 0.1) is 18.2 Å². The van der Waals surface area contributed by atoms with Crippen molar-refractivity contribution in [3.05, 3.63) is 137 Å². The predicted octanol–water partition coefficient (Wildman–Crippen LogP) is 9.97. The molecule has 0 aliphatic heterocycles. The van der Waals surface area contributed by atoms with E-state index in [1.165, 1.54) is 4.88 Å². The van der Waals surface area contributed by atoms with Gasteiger partial charge in [0, 0.05) is 44.5 Å². The number of aliphatic hydroxyl groups excluding tert-OH is 1. The molecule has 10 rings (SSSR count). The molecule has 0 radical (unpaired) electrons. The summed E-state index contributed by atoms with van der Waals surface area (Å²) in [4.78, 5) is 32.6. The zero-order valence-electron chi connectivity index (χ0n) is 31.9. The lowest BCUT2D eigenvalue weighted by Crippen LogP contribution is -2.67. The molecule has 3 aromatic carbocycles. The van der Waals surface area contributed by atoms with Gasteiger partial charge in [-0.25, -0.2) is 4.79 Å². The van der Waals surface area contributed by atoms with E-state index in [9.17, 15) is 15.0 Å². The summed E-state index contributed by atoms with van der Waals surface area (Å²) >= 11 is 1.69. The van der Waals surface area contributed by atoms with Crippen LogP contribution in [-0.2, 0) is 6.42 Å². The molecule has 4 aromatic rings. The molecule has 1 unspecified atom stereocenters. The Morgan fingerprint density at radius 1 is 0.818 bits per heavy atom. The lowest BCUT2D eigenvalue weighted by atomic mass is 9.32. The first kappa shape index (κ1) is 36.3. The number of carbonyl (C=O) groups excluding carboxylic acids is 2. The van der Waals surface area contributed by atoms with Gasteiger partial charge in [-0.2, -0.15) is 0 Å². The van der Waals surface area contributed by atoms with Crippen molar-refractivity contribution in [2.45, 2.75) is 76.9 Å². The number of nitrogens with one attached hydrogen (secondary N) is 1. The molecule has 6 aliphatic carbocycles. The van der Waals surface area contributed by atoms with Crippen molar-refractivity contribution in [1.29, 1.82) is 0 Å². The quantitative estimate of drug-likeness (QED) is 0.117. The van der Waals surface area contributed by atoms with Gasteiger partial charge in [0.1, 0.15) is 0 Å². The van der Waals surface area contributed by atoms with Crippen molar-refractivity contribution in [3.8, 4) is 11.1 Å². The van der Waals surface area contributed by atoms with Crippen molar-refractivity contribution >= 4 is 28.8 Å². The van der Waals surface area contributed by atoms with Gasteiger partial charge in [0.15, 0.2) is 5.78 Å². The molecular weight excluding hydrogens is 701 g/mol. The smallest absolute Gasteiger partial charge is 0.321 e. The average Bonchev–Trinajstić information content (AvgIpc) is 3.82. The largest absolute Gasteiger partial charge is 0.393 e. The summed E-state index contributed by atoms with van der Waals surface area (Å²) in [7, 11) is 0. The van der Waals surface area contributed by atoms with Crippen LogP contribution in [0, 0.1) is 33.5 Å². The molecule has 3 saturated carbocycles. The van der Waals surface area contributed by atoms with E-state index in [2.05, 4.69) is 61.0 Å². The molecule has 3 fully saturated rings. The number of para-hydroxylation sites is 1. The van der Waals surface area contributed by atoms with Crippen molar-refractivity contribution in [3.63, 3.8) is 0 Å². The summed E-state index contributed by atoms with van der Waals surface area (Å²) in [6.45, 7) is 5.37. The number of amides is 2. The number of fused-ring (bicyclic) bond motifs is 1.